The highest BCUT2D eigenvalue weighted by molar-refractivity contribution is 5.97. The van der Waals surface area contributed by atoms with Gasteiger partial charge in [0.1, 0.15) is 17.1 Å². The van der Waals surface area contributed by atoms with Crippen molar-refractivity contribution < 1.29 is 13.9 Å². The summed E-state index contributed by atoms with van der Waals surface area (Å²) in [6.45, 7) is 0.541. The van der Waals surface area contributed by atoms with Crippen molar-refractivity contribution in [2.45, 2.75) is 25.3 Å². The third kappa shape index (κ3) is 2.87. The van der Waals surface area contributed by atoms with E-state index in [0.29, 0.717) is 6.54 Å². The van der Waals surface area contributed by atoms with Gasteiger partial charge in [-0.1, -0.05) is 12.5 Å². The first-order valence-corrected chi connectivity index (χ1v) is 6.50. The second-order valence-corrected chi connectivity index (χ2v) is 4.82. The van der Waals surface area contributed by atoms with Crippen LogP contribution in [0.25, 0.3) is 0 Å². The number of hydrogen-bond donors (Lipinski definition) is 2. The Kier molecular flexibility index (Phi) is 4.37. The molecule has 1 fully saturated rings. The van der Waals surface area contributed by atoms with Crippen molar-refractivity contribution in [2.24, 2.45) is 11.7 Å². The van der Waals surface area contributed by atoms with Crippen LogP contribution in [0.5, 0.6) is 5.75 Å². The lowest BCUT2D eigenvalue weighted by Gasteiger charge is -2.20. The molecule has 0 aromatic heterocycles. The van der Waals surface area contributed by atoms with Crippen molar-refractivity contribution in [3.05, 3.63) is 29.6 Å². The van der Waals surface area contributed by atoms with Gasteiger partial charge in [-0.15, -0.1) is 0 Å². The van der Waals surface area contributed by atoms with E-state index in [2.05, 4.69) is 5.32 Å². The number of amides is 1. The molecule has 5 heteroatoms. The molecule has 1 aliphatic carbocycles. The standard InChI is InChI=1S/C14H19FN2O2/c1-19-12-7-3-5-10(15)13(12)14(18)17-11-6-2-4-9(11)8-16/h3,5,7,9,11H,2,4,6,8,16H2,1H3,(H,17,18). The summed E-state index contributed by atoms with van der Waals surface area (Å²) >= 11 is 0. The van der Waals surface area contributed by atoms with Gasteiger partial charge in [-0.3, -0.25) is 4.79 Å². The summed E-state index contributed by atoms with van der Waals surface area (Å²) < 4.78 is 18.8. The van der Waals surface area contributed by atoms with Gasteiger partial charge in [-0.2, -0.15) is 0 Å². The molecule has 1 aliphatic rings. The summed E-state index contributed by atoms with van der Waals surface area (Å²) in [5.74, 6) is -0.471. The SMILES string of the molecule is COc1cccc(F)c1C(=O)NC1CCCC1CN. The van der Waals surface area contributed by atoms with Crippen molar-refractivity contribution in [1.29, 1.82) is 0 Å². The van der Waals surface area contributed by atoms with Crippen molar-refractivity contribution in [3.63, 3.8) is 0 Å². The number of rotatable bonds is 4. The maximum atomic E-state index is 13.8. The first-order valence-electron chi connectivity index (χ1n) is 6.50. The third-order valence-electron chi connectivity index (χ3n) is 3.70. The van der Waals surface area contributed by atoms with Crippen LogP contribution in [0.1, 0.15) is 29.6 Å². The van der Waals surface area contributed by atoms with Gasteiger partial charge in [-0.05, 0) is 37.4 Å². The Morgan fingerprint density at radius 3 is 3.00 bits per heavy atom. The zero-order valence-electron chi connectivity index (χ0n) is 11.0. The molecule has 19 heavy (non-hydrogen) atoms. The summed E-state index contributed by atoms with van der Waals surface area (Å²) in [5, 5.41) is 2.87. The highest BCUT2D eigenvalue weighted by atomic mass is 19.1. The Morgan fingerprint density at radius 1 is 1.53 bits per heavy atom. The molecule has 2 atom stereocenters. The smallest absolute Gasteiger partial charge is 0.258 e. The predicted molar refractivity (Wildman–Crippen MR) is 70.6 cm³/mol. The highest BCUT2D eigenvalue weighted by Crippen LogP contribution is 2.26. The lowest BCUT2D eigenvalue weighted by atomic mass is 10.0. The molecule has 1 aromatic rings. The van der Waals surface area contributed by atoms with Crippen molar-refractivity contribution >= 4 is 5.91 Å². The average Bonchev–Trinajstić information content (AvgIpc) is 2.85. The van der Waals surface area contributed by atoms with Crippen molar-refractivity contribution in [3.8, 4) is 5.75 Å². The topological polar surface area (TPSA) is 64.3 Å². The monoisotopic (exact) mass is 266 g/mol. The van der Waals surface area contributed by atoms with E-state index in [4.69, 9.17) is 10.5 Å². The quantitative estimate of drug-likeness (QED) is 0.871. The number of nitrogens with two attached hydrogens (primary N) is 1. The van der Waals surface area contributed by atoms with Gasteiger partial charge in [0.05, 0.1) is 7.11 Å². The van der Waals surface area contributed by atoms with Crippen LogP contribution < -0.4 is 15.8 Å². The van der Waals surface area contributed by atoms with E-state index < -0.39 is 11.7 Å². The summed E-state index contributed by atoms with van der Waals surface area (Å²) in [6, 6.07) is 4.38. The Morgan fingerprint density at radius 2 is 2.32 bits per heavy atom. The Balaban J connectivity index is 2.16. The zero-order chi connectivity index (χ0) is 13.8. The Bertz CT molecular complexity index is 465. The van der Waals surface area contributed by atoms with Crippen LogP contribution in [0.15, 0.2) is 18.2 Å². The van der Waals surface area contributed by atoms with E-state index in [0.717, 1.165) is 19.3 Å². The lowest BCUT2D eigenvalue weighted by Crippen LogP contribution is -2.40. The fourth-order valence-corrected chi connectivity index (χ4v) is 2.64. The third-order valence-corrected chi connectivity index (χ3v) is 3.70. The Hall–Kier alpha value is -1.62. The van der Waals surface area contributed by atoms with Gasteiger partial charge in [0.2, 0.25) is 0 Å². The predicted octanol–water partition coefficient (Wildman–Crippen LogP) is 1.69. The summed E-state index contributed by atoms with van der Waals surface area (Å²) in [5.41, 5.74) is 5.64. The van der Waals surface area contributed by atoms with Gasteiger partial charge in [0.15, 0.2) is 0 Å². The maximum absolute atomic E-state index is 13.8. The van der Waals surface area contributed by atoms with Crippen LogP contribution in [0.4, 0.5) is 4.39 Å². The highest BCUT2D eigenvalue weighted by Gasteiger charge is 2.29. The lowest BCUT2D eigenvalue weighted by molar-refractivity contribution is 0.0921. The molecule has 0 saturated heterocycles. The van der Waals surface area contributed by atoms with Gasteiger partial charge in [0, 0.05) is 6.04 Å². The van der Waals surface area contributed by atoms with Gasteiger partial charge < -0.3 is 15.8 Å². The molecular formula is C14H19FN2O2. The number of carbonyl (C=O) groups is 1. The second-order valence-electron chi connectivity index (χ2n) is 4.82. The van der Waals surface area contributed by atoms with Crippen LogP contribution in [0, 0.1) is 11.7 Å². The fraction of sp³-hybridized carbons (Fsp3) is 0.500. The summed E-state index contributed by atoms with van der Waals surface area (Å²) in [6.07, 6.45) is 2.95. The number of nitrogens with one attached hydrogen (secondary N) is 1. The number of halogens is 1. The summed E-state index contributed by atoms with van der Waals surface area (Å²) in [4.78, 5) is 12.2. The summed E-state index contributed by atoms with van der Waals surface area (Å²) in [7, 11) is 1.42. The van der Waals surface area contributed by atoms with Crippen LogP contribution in [0.2, 0.25) is 0 Å². The van der Waals surface area contributed by atoms with Gasteiger partial charge >= 0.3 is 0 Å². The molecule has 1 saturated carbocycles. The van der Waals surface area contributed by atoms with Crippen LogP contribution in [-0.2, 0) is 0 Å². The van der Waals surface area contributed by atoms with E-state index in [9.17, 15) is 9.18 Å². The molecule has 1 aromatic carbocycles. The second kappa shape index (κ2) is 6.02. The Labute approximate surface area is 112 Å². The molecule has 0 aliphatic heterocycles. The van der Waals surface area contributed by atoms with Crippen molar-refractivity contribution in [2.75, 3.05) is 13.7 Å². The molecule has 0 bridgehead atoms. The number of hydrogen-bond acceptors (Lipinski definition) is 3. The van der Waals surface area contributed by atoms with Crippen molar-refractivity contribution in [1.82, 2.24) is 5.32 Å². The first-order chi connectivity index (χ1) is 9.17. The van der Waals surface area contributed by atoms with E-state index in [-0.39, 0.29) is 23.3 Å². The van der Waals surface area contributed by atoms with E-state index in [1.54, 1.807) is 6.07 Å². The first kappa shape index (κ1) is 13.8. The van der Waals surface area contributed by atoms with E-state index >= 15 is 0 Å². The largest absolute Gasteiger partial charge is 0.496 e. The number of benzene rings is 1. The molecule has 0 heterocycles. The minimum atomic E-state index is -0.570. The normalized spacial score (nSPS) is 22.3. The molecule has 2 rings (SSSR count). The minimum Gasteiger partial charge on any atom is -0.496 e. The molecule has 3 N–H and O–H groups in total. The van der Waals surface area contributed by atoms with Crippen LogP contribution in [-0.4, -0.2) is 25.6 Å². The molecule has 2 unspecified atom stereocenters. The van der Waals surface area contributed by atoms with Gasteiger partial charge in [-0.25, -0.2) is 4.39 Å². The number of methoxy groups -OCH3 is 1. The molecule has 1 amide bonds. The zero-order valence-corrected chi connectivity index (χ0v) is 11.0. The number of ether oxygens (including phenoxy) is 1. The average molecular weight is 266 g/mol. The molecule has 104 valence electrons. The van der Waals surface area contributed by atoms with E-state index in [1.165, 1.54) is 19.2 Å². The molecule has 0 spiro atoms. The molecule has 0 radical (unpaired) electrons. The fourth-order valence-electron chi connectivity index (χ4n) is 2.64. The minimum absolute atomic E-state index is 0.0295. The maximum Gasteiger partial charge on any atom is 0.258 e. The molecule has 4 nitrogen and oxygen atoms in total. The van der Waals surface area contributed by atoms with E-state index in [1.807, 2.05) is 0 Å². The molecular weight excluding hydrogens is 247 g/mol. The van der Waals surface area contributed by atoms with Crippen LogP contribution in [0.3, 0.4) is 0 Å². The van der Waals surface area contributed by atoms with Gasteiger partial charge in [0.25, 0.3) is 5.91 Å². The van der Waals surface area contributed by atoms with Crippen LogP contribution >= 0.6 is 0 Å². The number of carbonyl (C=O) groups excluding carboxylic acids is 1.